The average Bonchev–Trinajstić information content (AvgIpc) is 3.04. The third-order valence-electron chi connectivity index (χ3n) is 4.02. The lowest BCUT2D eigenvalue weighted by Crippen LogP contribution is -2.26. The number of methoxy groups -OCH3 is 1. The number of nitrogen functional groups attached to an aromatic ring is 1. The van der Waals surface area contributed by atoms with Crippen molar-refractivity contribution in [1.82, 2.24) is 15.1 Å². The molecule has 3 aromatic rings. The molecule has 3 N–H and O–H groups in total. The number of anilines is 1. The van der Waals surface area contributed by atoms with Crippen LogP contribution in [-0.2, 0) is 4.74 Å². The van der Waals surface area contributed by atoms with Crippen LogP contribution in [0.15, 0.2) is 54.6 Å². The van der Waals surface area contributed by atoms with Crippen LogP contribution in [0.1, 0.15) is 15.9 Å². The topological polar surface area (TPSA) is 82.2 Å². The van der Waals surface area contributed by atoms with Gasteiger partial charge in [0.15, 0.2) is 0 Å². The van der Waals surface area contributed by atoms with E-state index in [9.17, 15) is 4.79 Å². The van der Waals surface area contributed by atoms with Gasteiger partial charge in [-0.15, -0.1) is 0 Å². The Morgan fingerprint density at radius 3 is 2.65 bits per heavy atom. The van der Waals surface area contributed by atoms with E-state index in [2.05, 4.69) is 16.5 Å². The first-order valence-corrected chi connectivity index (χ1v) is 8.38. The second-order valence-electron chi connectivity index (χ2n) is 6.03. The van der Waals surface area contributed by atoms with Crippen molar-refractivity contribution in [2.24, 2.45) is 0 Å². The molecule has 0 atom stereocenters. The van der Waals surface area contributed by atoms with Crippen molar-refractivity contribution in [1.29, 1.82) is 0 Å². The van der Waals surface area contributed by atoms with Gasteiger partial charge in [-0.3, -0.25) is 4.79 Å². The van der Waals surface area contributed by atoms with Gasteiger partial charge in [-0.1, -0.05) is 23.8 Å². The number of carbonyl (C=O) groups excluding carboxylic acids is 1. The fourth-order valence-electron chi connectivity index (χ4n) is 2.67. The Hall–Kier alpha value is -3.12. The van der Waals surface area contributed by atoms with E-state index in [1.807, 2.05) is 43.3 Å². The van der Waals surface area contributed by atoms with Gasteiger partial charge in [0.2, 0.25) is 0 Å². The van der Waals surface area contributed by atoms with E-state index in [4.69, 9.17) is 10.5 Å². The van der Waals surface area contributed by atoms with Gasteiger partial charge in [-0.05, 0) is 37.3 Å². The molecule has 1 heterocycles. The molecule has 134 valence electrons. The van der Waals surface area contributed by atoms with E-state index in [0.717, 1.165) is 16.9 Å². The number of nitrogens with zero attached hydrogens (tertiary/aromatic N) is 2. The average molecular weight is 350 g/mol. The van der Waals surface area contributed by atoms with Crippen LogP contribution in [0, 0.1) is 6.92 Å². The number of aromatic nitrogens is 2. The predicted molar refractivity (Wildman–Crippen MR) is 102 cm³/mol. The first-order chi connectivity index (χ1) is 12.6. The summed E-state index contributed by atoms with van der Waals surface area (Å²) in [5, 5.41) is 7.39. The number of hydrogen-bond acceptors (Lipinski definition) is 4. The third-order valence-corrected chi connectivity index (χ3v) is 4.02. The number of ether oxygens (including phenoxy) is 1. The lowest BCUT2D eigenvalue weighted by molar-refractivity contribution is 0.0937. The zero-order chi connectivity index (χ0) is 18.5. The molecule has 0 spiro atoms. The molecule has 0 aliphatic rings. The smallest absolute Gasteiger partial charge is 0.251 e. The monoisotopic (exact) mass is 350 g/mol. The molecule has 1 amide bonds. The summed E-state index contributed by atoms with van der Waals surface area (Å²) in [7, 11) is 1.60. The first-order valence-electron chi connectivity index (χ1n) is 8.38. The van der Waals surface area contributed by atoms with Crippen molar-refractivity contribution in [3.8, 4) is 16.9 Å². The maximum absolute atomic E-state index is 12.0. The minimum Gasteiger partial charge on any atom is -0.384 e. The summed E-state index contributed by atoms with van der Waals surface area (Å²) >= 11 is 0. The Morgan fingerprint density at radius 2 is 1.96 bits per heavy atom. The summed E-state index contributed by atoms with van der Waals surface area (Å²) in [6, 6.07) is 17.1. The minimum atomic E-state index is -0.137. The van der Waals surface area contributed by atoms with Gasteiger partial charge in [0.25, 0.3) is 5.91 Å². The molecule has 6 nitrogen and oxygen atoms in total. The molecule has 0 saturated carbocycles. The lowest BCUT2D eigenvalue weighted by Gasteiger charge is -2.07. The van der Waals surface area contributed by atoms with Crippen LogP contribution in [0.5, 0.6) is 0 Å². The maximum atomic E-state index is 12.0. The van der Waals surface area contributed by atoms with Crippen molar-refractivity contribution >= 4 is 11.7 Å². The normalized spacial score (nSPS) is 10.7. The van der Waals surface area contributed by atoms with Gasteiger partial charge in [-0.2, -0.15) is 5.10 Å². The van der Waals surface area contributed by atoms with Gasteiger partial charge in [0.1, 0.15) is 5.82 Å². The standard InChI is InChI=1S/C20H22N4O2/c1-14-4-3-5-16(12-14)18-13-19(21)24(23-18)17-8-6-15(7-9-17)20(25)22-10-11-26-2/h3-9,12-13H,10-11,21H2,1-2H3,(H,22,25). The summed E-state index contributed by atoms with van der Waals surface area (Å²) in [6.45, 7) is 3.00. The number of aryl methyl sites for hydroxylation is 1. The Bertz CT molecular complexity index is 900. The first kappa shape index (κ1) is 17.7. The Morgan fingerprint density at radius 1 is 1.19 bits per heavy atom. The minimum absolute atomic E-state index is 0.137. The van der Waals surface area contributed by atoms with E-state index < -0.39 is 0 Å². The van der Waals surface area contributed by atoms with Crippen LogP contribution in [0.2, 0.25) is 0 Å². The number of nitrogens with two attached hydrogens (primary N) is 1. The van der Waals surface area contributed by atoms with Crippen molar-refractivity contribution in [2.45, 2.75) is 6.92 Å². The molecule has 0 bridgehead atoms. The number of amides is 1. The number of benzene rings is 2. The number of hydrogen-bond donors (Lipinski definition) is 2. The van der Waals surface area contributed by atoms with Crippen molar-refractivity contribution in [3.63, 3.8) is 0 Å². The molecule has 0 aliphatic carbocycles. The molecule has 0 fully saturated rings. The number of nitrogens with one attached hydrogen (secondary N) is 1. The highest BCUT2D eigenvalue weighted by Crippen LogP contribution is 2.23. The van der Waals surface area contributed by atoms with Crippen LogP contribution in [0.3, 0.4) is 0 Å². The molecule has 2 aromatic carbocycles. The molecule has 6 heteroatoms. The van der Waals surface area contributed by atoms with Crippen molar-refractivity contribution < 1.29 is 9.53 Å². The molecule has 0 unspecified atom stereocenters. The zero-order valence-electron chi connectivity index (χ0n) is 14.9. The van der Waals surface area contributed by atoms with Crippen LogP contribution >= 0.6 is 0 Å². The highest BCUT2D eigenvalue weighted by Gasteiger charge is 2.10. The summed E-state index contributed by atoms with van der Waals surface area (Å²) in [4.78, 5) is 12.0. The van der Waals surface area contributed by atoms with E-state index in [0.29, 0.717) is 24.5 Å². The van der Waals surface area contributed by atoms with E-state index in [1.54, 1.807) is 23.9 Å². The summed E-state index contributed by atoms with van der Waals surface area (Å²) in [5.74, 6) is 0.404. The Kier molecular flexibility index (Phi) is 5.34. The molecule has 3 rings (SSSR count). The number of carbonyl (C=O) groups is 1. The molecular formula is C20H22N4O2. The van der Waals surface area contributed by atoms with E-state index in [-0.39, 0.29) is 5.91 Å². The van der Waals surface area contributed by atoms with Gasteiger partial charge >= 0.3 is 0 Å². The molecule has 0 saturated heterocycles. The van der Waals surface area contributed by atoms with Gasteiger partial charge < -0.3 is 15.8 Å². The second-order valence-corrected chi connectivity index (χ2v) is 6.03. The van der Waals surface area contributed by atoms with Crippen molar-refractivity contribution in [3.05, 3.63) is 65.7 Å². The SMILES string of the molecule is COCCNC(=O)c1ccc(-n2nc(-c3cccc(C)c3)cc2N)cc1. The third kappa shape index (κ3) is 3.92. The Balaban J connectivity index is 1.80. The van der Waals surface area contributed by atoms with Gasteiger partial charge in [0, 0.05) is 30.8 Å². The number of rotatable bonds is 6. The molecule has 0 radical (unpaired) electrons. The summed E-state index contributed by atoms with van der Waals surface area (Å²) in [6.07, 6.45) is 0. The van der Waals surface area contributed by atoms with Crippen LogP contribution in [-0.4, -0.2) is 35.9 Å². The predicted octanol–water partition coefficient (Wildman–Crippen LogP) is 2.81. The van der Waals surface area contributed by atoms with Gasteiger partial charge in [-0.25, -0.2) is 4.68 Å². The quantitative estimate of drug-likeness (QED) is 0.670. The summed E-state index contributed by atoms with van der Waals surface area (Å²) in [5.41, 5.74) is 10.5. The molecule has 0 aliphatic heterocycles. The van der Waals surface area contributed by atoms with Crippen molar-refractivity contribution in [2.75, 3.05) is 26.0 Å². The second kappa shape index (κ2) is 7.84. The Labute approximate surface area is 152 Å². The highest BCUT2D eigenvalue weighted by atomic mass is 16.5. The maximum Gasteiger partial charge on any atom is 0.251 e. The van der Waals surface area contributed by atoms with E-state index in [1.165, 1.54) is 5.56 Å². The lowest BCUT2D eigenvalue weighted by atomic mass is 10.1. The molecule has 26 heavy (non-hydrogen) atoms. The largest absolute Gasteiger partial charge is 0.384 e. The highest BCUT2D eigenvalue weighted by molar-refractivity contribution is 5.94. The molecular weight excluding hydrogens is 328 g/mol. The summed E-state index contributed by atoms with van der Waals surface area (Å²) < 4.78 is 6.60. The van der Waals surface area contributed by atoms with Crippen LogP contribution in [0.4, 0.5) is 5.82 Å². The fraction of sp³-hybridized carbons (Fsp3) is 0.200. The molecule has 1 aromatic heterocycles. The van der Waals surface area contributed by atoms with Crippen LogP contribution in [0.25, 0.3) is 16.9 Å². The van der Waals surface area contributed by atoms with Gasteiger partial charge in [0.05, 0.1) is 18.0 Å². The zero-order valence-corrected chi connectivity index (χ0v) is 14.9. The fourth-order valence-corrected chi connectivity index (χ4v) is 2.67. The van der Waals surface area contributed by atoms with E-state index >= 15 is 0 Å². The van der Waals surface area contributed by atoms with Crippen LogP contribution < -0.4 is 11.1 Å².